The van der Waals surface area contributed by atoms with Gasteiger partial charge in [0.05, 0.1) is 39.8 Å². The molecule has 0 saturated carbocycles. The van der Waals surface area contributed by atoms with Gasteiger partial charge in [-0.25, -0.2) is 13.7 Å². The van der Waals surface area contributed by atoms with E-state index in [2.05, 4.69) is 440 Å². The van der Waals surface area contributed by atoms with E-state index in [0.29, 0.717) is 20.2 Å². The molecule has 2 N–H and O–H groups in total. The van der Waals surface area contributed by atoms with Gasteiger partial charge in [-0.2, -0.15) is 17.9 Å². The molecule has 150 heavy (non-hydrogen) atoms. The summed E-state index contributed by atoms with van der Waals surface area (Å²) in [7, 11) is 1.42. The van der Waals surface area contributed by atoms with Crippen LogP contribution in [0.4, 0.5) is 0 Å². The Morgan fingerprint density at radius 2 is 1.07 bits per heavy atom. The summed E-state index contributed by atoms with van der Waals surface area (Å²) < 4.78 is 23.3. The topological polar surface area (TPSA) is 153 Å². The Balaban J connectivity index is 0.000000106. The minimum atomic E-state index is -1.22. The average molecular weight is 2210 g/mol. The molecule has 1 atom stereocenters. The summed E-state index contributed by atoms with van der Waals surface area (Å²) >= 11 is 0. The van der Waals surface area contributed by atoms with E-state index < -0.39 is 7.92 Å². The van der Waals surface area contributed by atoms with Crippen molar-refractivity contribution in [2.75, 3.05) is 0 Å². The maximum absolute atomic E-state index is 10.0. The number of pyridine rings is 5. The number of carbonyl (C=O) groups is 1. The average Bonchev–Trinajstić information content (AvgIpc) is 1.55. The summed E-state index contributed by atoms with van der Waals surface area (Å²) in [4.78, 5) is 23.0. The number of aromatic nitrogens is 12. The molecule has 13 heterocycles. The number of hydrogen-bond acceptors (Lipinski definition) is 8. The fraction of sp³-hybridized carbons (Fsp3) is 0.0465. The third-order valence-corrected chi connectivity index (χ3v) is 30.4. The number of rotatable bonds is 12. The Kier molecular flexibility index (Phi) is 31.5. The normalized spacial score (nSPS) is 12.3. The second kappa shape index (κ2) is 47.2. The number of fused-ring (bicyclic) bond motifs is 16. The van der Waals surface area contributed by atoms with E-state index >= 15 is 0 Å². The predicted octanol–water partition coefficient (Wildman–Crippen LogP) is 23.3. The zero-order valence-electron chi connectivity index (χ0n) is 82.2. The van der Waals surface area contributed by atoms with Crippen molar-refractivity contribution >= 4 is 149 Å². The van der Waals surface area contributed by atoms with Gasteiger partial charge in [-0.05, 0) is 192 Å². The first-order valence-electron chi connectivity index (χ1n) is 49.5. The first kappa shape index (κ1) is 100. The Hall–Kier alpha value is -17.1. The Morgan fingerprint density at radius 3 is 1.80 bits per heavy atom. The third kappa shape index (κ3) is 21.6. The van der Waals surface area contributed by atoms with E-state index in [1.807, 2.05) is 134 Å². The van der Waals surface area contributed by atoms with Crippen LogP contribution in [0, 0.1) is 6.07 Å². The first-order valence-corrected chi connectivity index (χ1v) is 52.0. The number of allylic oxidation sites excluding steroid dienone is 4. The maximum atomic E-state index is 10.0. The van der Waals surface area contributed by atoms with Gasteiger partial charge >= 0.3 is 17.1 Å². The largest absolute Gasteiger partial charge is 1.00 e. The van der Waals surface area contributed by atoms with E-state index in [1.165, 1.54) is 173 Å². The van der Waals surface area contributed by atoms with E-state index in [-0.39, 0.29) is 49.7 Å². The number of aliphatic hydroxyl groups is 1. The van der Waals surface area contributed by atoms with Crippen LogP contribution in [0.15, 0.2) is 516 Å². The molecule has 0 bridgehead atoms. The summed E-state index contributed by atoms with van der Waals surface area (Å²) in [5, 5.41) is 35.4. The van der Waals surface area contributed by atoms with E-state index in [0.717, 1.165) is 60.3 Å². The van der Waals surface area contributed by atoms with Gasteiger partial charge in [-0.3, -0.25) is 14.9 Å². The molecule has 4 aliphatic heterocycles. The van der Waals surface area contributed by atoms with Crippen molar-refractivity contribution in [1.29, 1.82) is 0 Å². The zero-order chi connectivity index (χ0) is 99.9. The second-order valence-electron chi connectivity index (χ2n) is 35.9. The van der Waals surface area contributed by atoms with Gasteiger partial charge in [-0.1, -0.05) is 306 Å². The molecule has 21 heteroatoms. The van der Waals surface area contributed by atoms with E-state index in [4.69, 9.17) is 9.84 Å². The van der Waals surface area contributed by atoms with E-state index in [1.54, 1.807) is 6.20 Å². The third-order valence-electron chi connectivity index (χ3n) is 26.4. The van der Waals surface area contributed by atoms with Gasteiger partial charge in [0, 0.05) is 84.6 Å². The van der Waals surface area contributed by atoms with Crippen molar-refractivity contribution in [3.8, 4) is 62.7 Å². The molecule has 16 nitrogen and oxygen atoms in total. The number of nitrogens with one attached hydrogen (secondary N) is 1. The fourth-order valence-corrected chi connectivity index (χ4v) is 23.7. The van der Waals surface area contributed by atoms with Crippen LogP contribution in [0.1, 0.15) is 30.5 Å². The van der Waals surface area contributed by atoms with Crippen molar-refractivity contribution in [1.82, 2.24) is 43.8 Å². The van der Waals surface area contributed by atoms with Crippen LogP contribution in [-0.4, -0.2) is 51.6 Å². The maximum Gasteiger partial charge on any atom is 1.00 e. The Morgan fingerprint density at radius 1 is 0.493 bits per heavy atom. The minimum Gasteiger partial charge on any atom is -0.512 e. The number of carbonyl (C=O) groups excluding carboxylic acids is 1. The van der Waals surface area contributed by atoms with Crippen molar-refractivity contribution in [2.24, 2.45) is 0 Å². The number of para-hydroxylation sites is 10. The number of benzene rings is 16. The van der Waals surface area contributed by atoms with Gasteiger partial charge in [0.2, 0.25) is 6.67 Å². The van der Waals surface area contributed by atoms with Gasteiger partial charge in [-0.15, -0.1) is 41.9 Å². The second-order valence-corrected chi connectivity index (χ2v) is 39.7. The molecular weight excluding hydrogens is 2110 g/mol. The van der Waals surface area contributed by atoms with Crippen LogP contribution in [0.2, 0.25) is 0 Å². The van der Waals surface area contributed by atoms with Gasteiger partial charge in [0.15, 0.2) is 50.8 Å². The Bertz CT molecular complexity index is 9100. The molecule has 731 valence electrons. The summed E-state index contributed by atoms with van der Waals surface area (Å²) in [6.45, 7) is 6.57. The Labute approximate surface area is 898 Å². The quantitative estimate of drug-likeness (QED) is 0.0231. The molecule has 1 unspecified atom stereocenters. The number of aliphatic hydroxyl groups excluding tert-OH is 1. The van der Waals surface area contributed by atoms with Crippen LogP contribution in [-0.2, 0) is 69.2 Å². The number of ether oxygens (including phenoxy) is 1. The van der Waals surface area contributed by atoms with E-state index in [9.17, 15) is 4.79 Å². The van der Waals surface area contributed by atoms with Crippen molar-refractivity contribution < 1.29 is 71.0 Å². The summed E-state index contributed by atoms with van der Waals surface area (Å²) in [5.41, 5.74) is 23.5. The zero-order valence-corrected chi connectivity index (χ0v) is 87.4. The number of hydrogen-bond donors (Lipinski definition) is 2. The smallest absolute Gasteiger partial charge is 0.512 e. The summed E-state index contributed by atoms with van der Waals surface area (Å²) in [5.74, 6) is 6.31. The van der Waals surface area contributed by atoms with Crippen LogP contribution in [0.5, 0.6) is 11.5 Å². The number of nitrogens with zero attached hydrogens (tertiary/aromatic N) is 12. The van der Waals surface area contributed by atoms with Crippen molar-refractivity contribution in [2.45, 2.75) is 40.2 Å². The molecular formula is C129H102BCuN13O3P2Pt+4. The molecule has 0 aliphatic carbocycles. The predicted molar refractivity (Wildman–Crippen MR) is 607 cm³/mol. The molecule has 4 aliphatic rings. The minimum absolute atomic E-state index is 0. The number of imidazole rings is 3. The molecule has 9 aromatic heterocycles. The van der Waals surface area contributed by atoms with Crippen LogP contribution >= 0.6 is 16.5 Å². The van der Waals surface area contributed by atoms with Gasteiger partial charge in [0.25, 0.3) is 24.4 Å². The molecule has 1 radical (unpaired) electrons. The summed E-state index contributed by atoms with van der Waals surface area (Å²) in [6.07, 6.45) is 14.9. The SMILES string of the molecule is CC(=O)/C=C(/C)O.[B]1/C=C\C=C/NC[n+]2ccccc21.[Cu+].[Pt].[c-]1ccccc1-c1nccc2ccccc12.c1cc2c3c(c1)c1ccccc1n1c4ccccc4[n+](c31)C2.c1cc2c3c(c1)ccn1c4ccccc4[n+](c31)C2.c1ccc(-c2n[n-]c(-c3ccccn3)n2)cc1.c1ccc(-n2c3[n+](c4ccccc42)Cc2ccccc2-3)cc1.c1ccc(Pc2ccccc2Oc2ccccc2[PH+](c2ccccc2)c2ccccc2)cc1. The first-order chi connectivity index (χ1) is 73.2. The van der Waals surface area contributed by atoms with Crippen LogP contribution in [0.25, 0.3) is 139 Å². The fourth-order valence-electron chi connectivity index (χ4n) is 19.9. The standard InChI is InChI=1S/C30H24OP2.C20H13N2.C20H15N2.C16H11N2.C15H10N.C13H9N4.C10H11BN2.C5H8O2.Cu.Pt/c1-4-14-24(15-5-1)32-29-22-12-10-20-27(29)31-28-21-11-13-23-30(28)33(25-16-6-2-7-17-25)26-18-8-3-9-19-26;1-2-9-16-14(7-1)15-8-5-6-13-12-21-17-10-3-4-11-18(17)22(16)20(21)19(13)15;1-2-9-16(10-3-1)22-19-13-7-6-12-18(19)21-14-15-8-4-5-11-17(15)20(21)22;1-2-7-14-13(6-1)17-9-8-11-4-3-5-12-10-18(14)16(17)15(11)12;1-2-7-13(8-3-1)15-14-9-5-4-6-12(14)10-11-16-15;1-2-6-10(7-3-1)12-15-13(17-16-12)11-8-4-5-9-14-11;1-4-8-13-9-12-7-3-2-6-11-10(13)5-1;1-4(6)3-5(2)7;;/h1-23,32H;1-11H,12H2;1-13H,14H2;1-9H,10H2;1-7,9-11H;1-9H;1-8,12H,9H2;3,6H,1-2H3;;/q;3*+1;2*-1;+1;;+1;/p+1/b;;;;;;6-2-,7-3-;4-3-;;. The molecule has 0 amide bonds. The molecule has 29 rings (SSSR count). The molecule has 0 fully saturated rings. The van der Waals surface area contributed by atoms with Crippen LogP contribution in [0.3, 0.4) is 0 Å². The van der Waals surface area contributed by atoms with Gasteiger partial charge < -0.3 is 30.2 Å². The number of ketones is 1. The summed E-state index contributed by atoms with van der Waals surface area (Å²) in [6, 6.07) is 162. The molecule has 0 saturated heterocycles. The van der Waals surface area contributed by atoms with Crippen molar-refractivity contribution in [3.05, 3.63) is 539 Å². The van der Waals surface area contributed by atoms with Crippen LogP contribution < -0.4 is 65.5 Å². The monoisotopic (exact) mass is 2210 g/mol. The molecule has 16 aromatic carbocycles. The van der Waals surface area contributed by atoms with Crippen molar-refractivity contribution in [3.63, 3.8) is 0 Å². The molecule has 25 aromatic rings. The van der Waals surface area contributed by atoms with Gasteiger partial charge in [0.1, 0.15) is 66.0 Å². The molecule has 0 spiro atoms.